The summed E-state index contributed by atoms with van der Waals surface area (Å²) in [5, 5.41) is 0. The summed E-state index contributed by atoms with van der Waals surface area (Å²) in [5.74, 6) is 1.83. The van der Waals surface area contributed by atoms with Gasteiger partial charge in [0.15, 0.2) is 0 Å². The molecular formula is C20H23N5O2. The van der Waals surface area contributed by atoms with Gasteiger partial charge in [-0.1, -0.05) is 12.1 Å². The zero-order valence-electron chi connectivity index (χ0n) is 15.6. The van der Waals surface area contributed by atoms with Crippen LogP contribution in [-0.2, 0) is 11.8 Å². The molecule has 1 saturated heterocycles. The minimum atomic E-state index is -0.265. The van der Waals surface area contributed by atoms with Crippen LogP contribution in [0.2, 0.25) is 0 Å². The summed E-state index contributed by atoms with van der Waals surface area (Å²) in [5.41, 5.74) is 3.12. The molecule has 7 heteroatoms. The Kier molecular flexibility index (Phi) is 4.66. The van der Waals surface area contributed by atoms with Crippen LogP contribution in [-0.4, -0.2) is 58.8 Å². The fraction of sp³-hybridized carbons (Fsp3) is 0.350. The first-order valence-electron chi connectivity index (χ1n) is 9.13. The van der Waals surface area contributed by atoms with Crippen molar-refractivity contribution in [3.05, 3.63) is 42.6 Å². The molecule has 2 aromatic heterocycles. The molecule has 3 aromatic rings. The Balaban J connectivity index is 1.61. The number of carbonyl (C=O) groups excluding carboxylic acids is 1. The first-order chi connectivity index (χ1) is 13.2. The van der Waals surface area contributed by atoms with E-state index >= 15 is 0 Å². The van der Waals surface area contributed by atoms with Crippen molar-refractivity contribution in [2.24, 2.45) is 7.05 Å². The van der Waals surface area contributed by atoms with Crippen molar-refractivity contribution in [1.29, 1.82) is 0 Å². The van der Waals surface area contributed by atoms with Gasteiger partial charge in [0.2, 0.25) is 0 Å². The highest BCUT2D eigenvalue weighted by atomic mass is 16.5. The van der Waals surface area contributed by atoms with Gasteiger partial charge in [0, 0.05) is 45.0 Å². The van der Waals surface area contributed by atoms with E-state index in [4.69, 9.17) is 9.72 Å². The van der Waals surface area contributed by atoms with Crippen LogP contribution >= 0.6 is 0 Å². The Morgan fingerprint density at radius 2 is 1.96 bits per heavy atom. The standard InChI is InChI=1S/C20H23N5O2/c1-23-17-7-4-3-6-16(17)22-19(23)15-8-9-21-18(14-15)24-10-5-11-25(13-12-24)20(26)27-2/h3-4,6-9,14H,5,10-13H2,1-2H3. The van der Waals surface area contributed by atoms with E-state index < -0.39 is 0 Å². The van der Waals surface area contributed by atoms with Gasteiger partial charge in [-0.25, -0.2) is 14.8 Å². The Morgan fingerprint density at radius 3 is 2.78 bits per heavy atom. The number of rotatable bonds is 2. The number of aromatic nitrogens is 3. The molecule has 3 heterocycles. The minimum absolute atomic E-state index is 0.265. The molecule has 1 aliphatic rings. The average molecular weight is 365 g/mol. The second-order valence-corrected chi connectivity index (χ2v) is 6.68. The molecule has 1 fully saturated rings. The van der Waals surface area contributed by atoms with E-state index in [1.54, 1.807) is 4.90 Å². The maximum Gasteiger partial charge on any atom is 0.409 e. The first kappa shape index (κ1) is 17.3. The first-order valence-corrected chi connectivity index (χ1v) is 9.13. The summed E-state index contributed by atoms with van der Waals surface area (Å²) in [6.45, 7) is 2.92. The van der Waals surface area contributed by atoms with E-state index in [0.29, 0.717) is 13.1 Å². The summed E-state index contributed by atoms with van der Waals surface area (Å²) < 4.78 is 6.95. The molecule has 1 aliphatic heterocycles. The number of anilines is 1. The fourth-order valence-electron chi connectivity index (χ4n) is 3.59. The number of imidazole rings is 1. The molecule has 4 rings (SSSR count). The van der Waals surface area contributed by atoms with E-state index in [9.17, 15) is 4.79 Å². The summed E-state index contributed by atoms with van der Waals surface area (Å²) in [7, 11) is 3.46. The van der Waals surface area contributed by atoms with Crippen LogP contribution in [0.1, 0.15) is 6.42 Å². The topological polar surface area (TPSA) is 63.5 Å². The molecule has 0 bridgehead atoms. The van der Waals surface area contributed by atoms with Gasteiger partial charge in [-0.3, -0.25) is 0 Å². The summed E-state index contributed by atoms with van der Waals surface area (Å²) in [4.78, 5) is 25.1. The molecule has 0 unspecified atom stereocenters. The van der Waals surface area contributed by atoms with Gasteiger partial charge in [-0.15, -0.1) is 0 Å². The van der Waals surface area contributed by atoms with Gasteiger partial charge in [0.25, 0.3) is 0 Å². The number of aryl methyl sites for hydroxylation is 1. The number of carbonyl (C=O) groups is 1. The third kappa shape index (κ3) is 3.32. The molecular weight excluding hydrogens is 342 g/mol. The van der Waals surface area contributed by atoms with Crippen LogP contribution < -0.4 is 4.90 Å². The normalized spacial score (nSPS) is 15.0. The Hall–Kier alpha value is -3.09. The molecule has 0 N–H and O–H groups in total. The molecule has 0 spiro atoms. The third-order valence-corrected chi connectivity index (χ3v) is 5.04. The molecule has 27 heavy (non-hydrogen) atoms. The summed E-state index contributed by atoms with van der Waals surface area (Å²) in [6.07, 6.45) is 2.44. The third-order valence-electron chi connectivity index (χ3n) is 5.04. The van der Waals surface area contributed by atoms with E-state index in [-0.39, 0.29) is 6.09 Å². The van der Waals surface area contributed by atoms with Gasteiger partial charge < -0.3 is 19.1 Å². The predicted octanol–water partition coefficient (Wildman–Crippen LogP) is 2.91. The number of para-hydroxylation sites is 2. The maximum absolute atomic E-state index is 11.8. The average Bonchev–Trinajstić information content (AvgIpc) is 2.89. The lowest BCUT2D eigenvalue weighted by Crippen LogP contribution is -2.35. The molecule has 0 aliphatic carbocycles. The van der Waals surface area contributed by atoms with Gasteiger partial charge in [0.05, 0.1) is 18.1 Å². The quantitative estimate of drug-likeness (QED) is 0.699. The van der Waals surface area contributed by atoms with Gasteiger partial charge in [0.1, 0.15) is 11.6 Å². The number of amides is 1. The monoisotopic (exact) mass is 365 g/mol. The van der Waals surface area contributed by atoms with Gasteiger partial charge in [-0.2, -0.15) is 0 Å². The Bertz CT molecular complexity index is 968. The number of fused-ring (bicyclic) bond motifs is 1. The van der Waals surface area contributed by atoms with Crippen molar-refractivity contribution in [2.75, 3.05) is 38.2 Å². The van der Waals surface area contributed by atoms with E-state index in [1.165, 1.54) is 7.11 Å². The summed E-state index contributed by atoms with van der Waals surface area (Å²) in [6, 6.07) is 12.2. The van der Waals surface area contributed by atoms with Crippen molar-refractivity contribution in [3.8, 4) is 11.4 Å². The highest BCUT2D eigenvalue weighted by molar-refractivity contribution is 5.80. The number of methoxy groups -OCH3 is 1. The summed E-state index contributed by atoms with van der Waals surface area (Å²) >= 11 is 0. The van der Waals surface area contributed by atoms with E-state index in [0.717, 1.165) is 47.7 Å². The van der Waals surface area contributed by atoms with E-state index in [1.807, 2.05) is 37.5 Å². The zero-order chi connectivity index (χ0) is 18.8. The van der Waals surface area contributed by atoms with Crippen molar-refractivity contribution in [2.45, 2.75) is 6.42 Å². The van der Waals surface area contributed by atoms with Crippen LogP contribution in [0.4, 0.5) is 10.6 Å². The molecule has 140 valence electrons. The van der Waals surface area contributed by atoms with Crippen LogP contribution in [0.5, 0.6) is 0 Å². The number of hydrogen-bond acceptors (Lipinski definition) is 5. The SMILES string of the molecule is COC(=O)N1CCCN(c2cc(-c3nc4ccccc4n3C)ccn2)CC1. The lowest BCUT2D eigenvalue weighted by Gasteiger charge is -2.22. The van der Waals surface area contributed by atoms with Crippen LogP contribution in [0.25, 0.3) is 22.4 Å². The lowest BCUT2D eigenvalue weighted by molar-refractivity contribution is 0.126. The van der Waals surface area contributed by atoms with Gasteiger partial charge >= 0.3 is 6.09 Å². The van der Waals surface area contributed by atoms with Crippen LogP contribution in [0.3, 0.4) is 0 Å². The van der Waals surface area contributed by atoms with Gasteiger partial charge in [-0.05, 0) is 30.7 Å². The molecule has 0 atom stereocenters. The maximum atomic E-state index is 11.8. The van der Waals surface area contributed by atoms with Crippen LogP contribution in [0, 0.1) is 0 Å². The molecule has 0 saturated carbocycles. The van der Waals surface area contributed by atoms with E-state index in [2.05, 4.69) is 26.6 Å². The zero-order valence-corrected chi connectivity index (χ0v) is 15.6. The number of ether oxygens (including phenoxy) is 1. The van der Waals surface area contributed by atoms with Crippen molar-refractivity contribution >= 4 is 22.9 Å². The largest absolute Gasteiger partial charge is 0.453 e. The molecule has 7 nitrogen and oxygen atoms in total. The highest BCUT2D eigenvalue weighted by Crippen LogP contribution is 2.26. The predicted molar refractivity (Wildman–Crippen MR) is 105 cm³/mol. The number of nitrogens with zero attached hydrogens (tertiary/aromatic N) is 5. The second kappa shape index (κ2) is 7.26. The second-order valence-electron chi connectivity index (χ2n) is 6.68. The van der Waals surface area contributed by atoms with Crippen LogP contribution in [0.15, 0.2) is 42.6 Å². The molecule has 1 amide bonds. The van der Waals surface area contributed by atoms with Crippen molar-refractivity contribution in [3.63, 3.8) is 0 Å². The highest BCUT2D eigenvalue weighted by Gasteiger charge is 2.20. The number of benzene rings is 1. The Labute approximate surface area is 158 Å². The smallest absolute Gasteiger partial charge is 0.409 e. The van der Waals surface area contributed by atoms with Crippen molar-refractivity contribution < 1.29 is 9.53 Å². The van der Waals surface area contributed by atoms with Crippen molar-refractivity contribution in [1.82, 2.24) is 19.4 Å². The number of hydrogen-bond donors (Lipinski definition) is 0. The fourth-order valence-corrected chi connectivity index (χ4v) is 3.59. The molecule has 1 aromatic carbocycles. The molecule has 0 radical (unpaired) electrons. The lowest BCUT2D eigenvalue weighted by atomic mass is 10.2. The minimum Gasteiger partial charge on any atom is -0.453 e. The Morgan fingerprint density at radius 1 is 1.11 bits per heavy atom. The number of pyridine rings is 1.